The van der Waals surface area contributed by atoms with Crippen molar-refractivity contribution in [1.29, 1.82) is 0 Å². The van der Waals surface area contributed by atoms with Crippen LogP contribution in [0, 0.1) is 0 Å². The summed E-state index contributed by atoms with van der Waals surface area (Å²) >= 11 is 0. The maximum Gasteiger partial charge on any atom is 0.209 e. The highest BCUT2D eigenvalue weighted by Crippen LogP contribution is 2.13. The van der Waals surface area contributed by atoms with E-state index >= 15 is 0 Å². The van der Waals surface area contributed by atoms with E-state index in [9.17, 15) is 4.79 Å². The summed E-state index contributed by atoms with van der Waals surface area (Å²) in [5, 5.41) is 0. The van der Waals surface area contributed by atoms with Crippen molar-refractivity contribution in [3.8, 4) is 0 Å². The zero-order chi connectivity index (χ0) is 11.7. The van der Waals surface area contributed by atoms with Gasteiger partial charge in [0, 0.05) is 17.3 Å². The molecule has 0 spiro atoms. The van der Waals surface area contributed by atoms with Gasteiger partial charge in [-0.15, -0.1) is 0 Å². The van der Waals surface area contributed by atoms with Crippen LogP contribution in [-0.2, 0) is 0 Å². The maximum absolute atomic E-state index is 12.3. The Bertz CT molecular complexity index is 667. The van der Waals surface area contributed by atoms with E-state index < -0.39 is 0 Å². The maximum atomic E-state index is 12.3. The molecule has 0 aliphatic rings. The summed E-state index contributed by atoms with van der Waals surface area (Å²) < 4.78 is 1.91. The van der Waals surface area contributed by atoms with Crippen molar-refractivity contribution in [2.75, 3.05) is 0 Å². The van der Waals surface area contributed by atoms with Gasteiger partial charge in [0.25, 0.3) is 0 Å². The average molecular weight is 221 g/mol. The van der Waals surface area contributed by atoms with Crippen LogP contribution in [0.3, 0.4) is 0 Å². The molecular weight excluding hydrogens is 210 g/mol. The van der Waals surface area contributed by atoms with Gasteiger partial charge in [0.05, 0.1) is 5.69 Å². The Balaban J connectivity index is 2.16. The zero-order valence-corrected chi connectivity index (χ0v) is 9.21. The number of fused-ring (bicyclic) bond motifs is 1. The molecule has 82 valence electrons. The normalized spacial score (nSPS) is 10.6. The second-order valence-corrected chi connectivity index (χ2v) is 3.91. The van der Waals surface area contributed by atoms with Crippen LogP contribution in [0.2, 0.25) is 0 Å². The van der Waals surface area contributed by atoms with Gasteiger partial charge in [0.2, 0.25) is 5.78 Å². The highest BCUT2D eigenvalue weighted by Gasteiger charge is 2.11. The second kappa shape index (κ2) is 3.91. The molecule has 3 rings (SSSR count). The molecule has 1 aromatic carbocycles. The second-order valence-electron chi connectivity index (χ2n) is 3.91. The summed E-state index contributed by atoms with van der Waals surface area (Å²) in [7, 11) is 0. The molecule has 0 fully saturated rings. The first-order chi connectivity index (χ1) is 8.36. The highest BCUT2D eigenvalue weighted by molar-refractivity contribution is 6.08. The van der Waals surface area contributed by atoms with Gasteiger partial charge in [-0.05, 0) is 24.3 Å². The molecule has 0 radical (unpaired) electrons. The van der Waals surface area contributed by atoms with Gasteiger partial charge >= 0.3 is 0 Å². The SMILES string of the molecule is O=C(c1ccccc1)c1cccc2cccn12. The van der Waals surface area contributed by atoms with E-state index in [1.807, 2.05) is 71.3 Å². The van der Waals surface area contributed by atoms with E-state index in [2.05, 4.69) is 0 Å². The van der Waals surface area contributed by atoms with Gasteiger partial charge in [-0.1, -0.05) is 36.4 Å². The van der Waals surface area contributed by atoms with Gasteiger partial charge in [-0.25, -0.2) is 0 Å². The lowest BCUT2D eigenvalue weighted by molar-refractivity contribution is 0.103. The van der Waals surface area contributed by atoms with Crippen molar-refractivity contribution < 1.29 is 4.79 Å². The van der Waals surface area contributed by atoms with Crippen LogP contribution in [0.25, 0.3) is 5.52 Å². The Labute approximate surface area is 99.1 Å². The number of pyridine rings is 1. The first kappa shape index (κ1) is 9.85. The Hall–Kier alpha value is -2.35. The average Bonchev–Trinajstić information content (AvgIpc) is 2.87. The number of hydrogen-bond donors (Lipinski definition) is 0. The monoisotopic (exact) mass is 221 g/mol. The number of carbonyl (C=O) groups excluding carboxylic acids is 1. The lowest BCUT2D eigenvalue weighted by Gasteiger charge is -2.05. The van der Waals surface area contributed by atoms with Crippen LogP contribution in [0.5, 0.6) is 0 Å². The van der Waals surface area contributed by atoms with Crippen molar-refractivity contribution in [3.63, 3.8) is 0 Å². The summed E-state index contributed by atoms with van der Waals surface area (Å²) in [6.07, 6.45) is 1.91. The number of hydrogen-bond acceptors (Lipinski definition) is 1. The highest BCUT2D eigenvalue weighted by atomic mass is 16.1. The molecule has 2 heteroatoms. The molecule has 2 aromatic heterocycles. The quantitative estimate of drug-likeness (QED) is 0.609. The molecule has 17 heavy (non-hydrogen) atoms. The van der Waals surface area contributed by atoms with Gasteiger partial charge < -0.3 is 4.40 Å². The molecule has 0 N–H and O–H groups in total. The largest absolute Gasteiger partial charge is 0.314 e. The van der Waals surface area contributed by atoms with E-state index in [4.69, 9.17) is 0 Å². The Morgan fingerprint density at radius 2 is 1.59 bits per heavy atom. The summed E-state index contributed by atoms with van der Waals surface area (Å²) in [5.41, 5.74) is 2.44. The first-order valence-electron chi connectivity index (χ1n) is 5.52. The van der Waals surface area contributed by atoms with Crippen LogP contribution in [0.1, 0.15) is 16.1 Å². The summed E-state index contributed by atoms with van der Waals surface area (Å²) in [5.74, 6) is 0.0485. The lowest BCUT2D eigenvalue weighted by atomic mass is 10.1. The van der Waals surface area contributed by atoms with Crippen LogP contribution < -0.4 is 0 Å². The fourth-order valence-corrected chi connectivity index (χ4v) is 1.99. The summed E-state index contributed by atoms with van der Waals surface area (Å²) in [6, 6.07) is 19.0. The summed E-state index contributed by atoms with van der Waals surface area (Å²) in [6.45, 7) is 0. The Kier molecular flexibility index (Phi) is 2.26. The molecule has 0 unspecified atom stereocenters. The first-order valence-corrected chi connectivity index (χ1v) is 5.52. The van der Waals surface area contributed by atoms with Crippen LogP contribution in [0.15, 0.2) is 66.9 Å². The number of ketones is 1. The zero-order valence-electron chi connectivity index (χ0n) is 9.21. The standard InChI is InChI=1S/C15H11NO/c17-15(12-6-2-1-3-7-12)14-10-4-8-13-9-5-11-16(13)14/h1-11H. The van der Waals surface area contributed by atoms with Crippen molar-refractivity contribution in [3.05, 3.63) is 78.1 Å². The van der Waals surface area contributed by atoms with Crippen LogP contribution in [-0.4, -0.2) is 10.2 Å². The smallest absolute Gasteiger partial charge is 0.209 e. The van der Waals surface area contributed by atoms with Crippen LogP contribution in [0.4, 0.5) is 0 Å². The van der Waals surface area contributed by atoms with Crippen molar-refractivity contribution in [2.45, 2.75) is 0 Å². The van der Waals surface area contributed by atoms with Crippen molar-refractivity contribution >= 4 is 11.3 Å². The minimum absolute atomic E-state index is 0.0485. The number of aromatic nitrogens is 1. The third-order valence-electron chi connectivity index (χ3n) is 2.83. The Morgan fingerprint density at radius 3 is 2.41 bits per heavy atom. The fourth-order valence-electron chi connectivity index (χ4n) is 1.99. The molecule has 0 aliphatic carbocycles. The third-order valence-corrected chi connectivity index (χ3v) is 2.83. The number of nitrogens with zero attached hydrogens (tertiary/aromatic N) is 1. The fraction of sp³-hybridized carbons (Fsp3) is 0. The van der Waals surface area contributed by atoms with E-state index in [0.717, 1.165) is 5.52 Å². The van der Waals surface area contributed by atoms with E-state index in [1.165, 1.54) is 0 Å². The van der Waals surface area contributed by atoms with Gasteiger partial charge in [0.1, 0.15) is 0 Å². The summed E-state index contributed by atoms with van der Waals surface area (Å²) in [4.78, 5) is 12.3. The number of benzene rings is 1. The number of carbonyl (C=O) groups is 1. The van der Waals surface area contributed by atoms with Crippen molar-refractivity contribution in [1.82, 2.24) is 4.40 Å². The van der Waals surface area contributed by atoms with Gasteiger partial charge in [0.15, 0.2) is 0 Å². The van der Waals surface area contributed by atoms with E-state index in [-0.39, 0.29) is 5.78 Å². The number of rotatable bonds is 2. The van der Waals surface area contributed by atoms with Crippen LogP contribution >= 0.6 is 0 Å². The topological polar surface area (TPSA) is 21.5 Å². The van der Waals surface area contributed by atoms with E-state index in [0.29, 0.717) is 11.3 Å². The minimum Gasteiger partial charge on any atom is -0.314 e. The molecule has 0 saturated carbocycles. The predicted molar refractivity (Wildman–Crippen MR) is 67.3 cm³/mol. The molecule has 0 saturated heterocycles. The Morgan fingerprint density at radius 1 is 0.824 bits per heavy atom. The molecule has 3 aromatic rings. The third kappa shape index (κ3) is 1.64. The molecular formula is C15H11NO. The predicted octanol–water partition coefficient (Wildman–Crippen LogP) is 3.17. The molecule has 0 bridgehead atoms. The van der Waals surface area contributed by atoms with Crippen molar-refractivity contribution in [2.24, 2.45) is 0 Å². The van der Waals surface area contributed by atoms with Gasteiger partial charge in [-0.2, -0.15) is 0 Å². The molecule has 0 atom stereocenters. The molecule has 0 aliphatic heterocycles. The molecule has 2 nitrogen and oxygen atoms in total. The van der Waals surface area contributed by atoms with E-state index in [1.54, 1.807) is 0 Å². The minimum atomic E-state index is 0.0485. The van der Waals surface area contributed by atoms with Gasteiger partial charge in [-0.3, -0.25) is 4.79 Å². The lowest BCUT2D eigenvalue weighted by Crippen LogP contribution is -2.06. The molecule has 0 amide bonds. The molecule has 2 heterocycles.